The maximum Gasteiger partial charge on any atom is 0.255 e. The van der Waals surface area contributed by atoms with Gasteiger partial charge in [0.25, 0.3) is 11.8 Å². The summed E-state index contributed by atoms with van der Waals surface area (Å²) in [5.74, 6) is -1.50. The number of amides is 2. The molecule has 18 nitrogen and oxygen atoms in total. The van der Waals surface area contributed by atoms with Crippen LogP contribution in [0, 0.1) is 11.6 Å². The van der Waals surface area contributed by atoms with Crippen LogP contribution in [0.5, 0.6) is 0 Å². The second kappa shape index (κ2) is 25.6. The summed E-state index contributed by atoms with van der Waals surface area (Å²) in [7, 11) is -2.13. The van der Waals surface area contributed by atoms with E-state index in [1.165, 1.54) is 30.5 Å². The van der Waals surface area contributed by atoms with Gasteiger partial charge in [-0.1, -0.05) is 112 Å². The van der Waals surface area contributed by atoms with Crippen molar-refractivity contribution in [3.05, 3.63) is 192 Å². The van der Waals surface area contributed by atoms with Gasteiger partial charge < -0.3 is 39.9 Å². The topological polar surface area (TPSA) is 236 Å². The van der Waals surface area contributed by atoms with Crippen LogP contribution in [0.1, 0.15) is 113 Å². The molecule has 90 heavy (non-hydrogen) atoms. The summed E-state index contributed by atoms with van der Waals surface area (Å²) in [5.41, 5.74) is 5.71. The van der Waals surface area contributed by atoms with Crippen LogP contribution in [-0.4, -0.2) is 121 Å². The Bertz CT molecular complexity index is 4270. The molecule has 0 spiro atoms. The fraction of sp³-hybridized carbons (Fsp3) is 0.333. The Balaban J connectivity index is 0.000000234. The van der Waals surface area contributed by atoms with Gasteiger partial charge in [0.1, 0.15) is 51.0 Å². The minimum Gasteiger partial charge on any atom is -0.414 e. The van der Waals surface area contributed by atoms with Crippen molar-refractivity contribution in [3.63, 3.8) is 0 Å². The van der Waals surface area contributed by atoms with E-state index in [0.29, 0.717) is 111 Å². The van der Waals surface area contributed by atoms with Crippen molar-refractivity contribution in [2.75, 3.05) is 13.2 Å². The number of fused-ring (bicyclic) bond motifs is 4. The minimum absolute atomic E-state index is 0.00140. The molecule has 468 valence electrons. The van der Waals surface area contributed by atoms with E-state index in [-0.39, 0.29) is 23.4 Å². The number of aromatic nitrogens is 10. The van der Waals surface area contributed by atoms with E-state index in [1.54, 1.807) is 61.6 Å². The number of H-pyrrole nitrogens is 1. The summed E-state index contributed by atoms with van der Waals surface area (Å²) >= 11 is 0. The van der Waals surface area contributed by atoms with E-state index < -0.39 is 48.9 Å². The molecule has 0 aliphatic heterocycles. The minimum atomic E-state index is -2.13. The van der Waals surface area contributed by atoms with Crippen LogP contribution in [0.4, 0.5) is 8.78 Å². The molecule has 6 aromatic heterocycles. The van der Waals surface area contributed by atoms with Crippen molar-refractivity contribution in [3.8, 4) is 22.8 Å². The maximum absolute atomic E-state index is 14.9. The zero-order valence-corrected chi connectivity index (χ0v) is 53.7. The normalized spacial score (nSPS) is 13.2. The van der Waals surface area contributed by atoms with E-state index in [9.17, 15) is 33.7 Å². The molecular weight excluding hydrogens is 1160 g/mol. The third kappa shape index (κ3) is 13.2. The van der Waals surface area contributed by atoms with Gasteiger partial charge in [-0.3, -0.25) is 19.0 Å². The molecule has 0 saturated carbocycles. The molecule has 0 radical (unpaired) electrons. The van der Waals surface area contributed by atoms with E-state index in [0.717, 1.165) is 16.7 Å². The highest BCUT2D eigenvalue weighted by molar-refractivity contribution is 6.74. The predicted molar refractivity (Wildman–Crippen MR) is 349 cm³/mol. The van der Waals surface area contributed by atoms with Gasteiger partial charge in [0.05, 0.1) is 71.1 Å². The second-order valence-corrected chi connectivity index (χ2v) is 30.7. The third-order valence-corrected chi connectivity index (χ3v) is 21.1. The summed E-state index contributed by atoms with van der Waals surface area (Å²) in [6, 6.07) is 39.6. The molecule has 0 fully saturated rings. The van der Waals surface area contributed by atoms with Crippen LogP contribution in [0.3, 0.4) is 0 Å². The van der Waals surface area contributed by atoms with Gasteiger partial charge in [-0.25, -0.2) is 28.7 Å². The molecule has 2 unspecified atom stereocenters. The Hall–Kier alpha value is -8.86. The van der Waals surface area contributed by atoms with E-state index in [1.807, 2.05) is 74.6 Å². The Labute approximate surface area is 522 Å². The van der Waals surface area contributed by atoms with Gasteiger partial charge in [0.2, 0.25) is 0 Å². The average molecular weight is 1240 g/mol. The highest BCUT2D eigenvalue weighted by Crippen LogP contribution is 2.44. The van der Waals surface area contributed by atoms with Crippen molar-refractivity contribution in [2.45, 2.75) is 135 Å². The number of aryl methyl sites for hydroxylation is 2. The van der Waals surface area contributed by atoms with Crippen LogP contribution in [0.25, 0.3) is 66.9 Å². The van der Waals surface area contributed by atoms with Crippen molar-refractivity contribution < 1.29 is 38.1 Å². The zero-order chi connectivity index (χ0) is 64.5. The first-order chi connectivity index (χ1) is 42.7. The lowest BCUT2D eigenvalue weighted by Gasteiger charge is -2.39. The number of carbonyl (C=O) groups is 2. The van der Waals surface area contributed by atoms with Gasteiger partial charge in [-0.2, -0.15) is 10.2 Å². The SMILES string of the molecule is CC(O)CCn1nc(-c2cnc3[nH]cc(C(=O)NC(C)(C)CO)c3n2)c2ccc(F)cc21.CC(O)CCn1nc(-c2cnc3c(n2)c(C(=O)NC(C)(C)CO[Si](C)(C)C(C)(C)C)cn3C(c2ccccc2)(c2ccccc2)c2ccccc2)c2ccc(F)cc21. The number of aromatic amines is 1. The first kappa shape index (κ1) is 64.1. The number of nitrogens with one attached hydrogen (secondary N) is 3. The largest absolute Gasteiger partial charge is 0.414 e. The van der Waals surface area contributed by atoms with Crippen molar-refractivity contribution in [2.24, 2.45) is 0 Å². The van der Waals surface area contributed by atoms with Crippen molar-refractivity contribution in [1.29, 1.82) is 0 Å². The summed E-state index contributed by atoms with van der Waals surface area (Å²) in [5, 5.41) is 46.1. The molecule has 11 aromatic rings. The second-order valence-electron chi connectivity index (χ2n) is 25.9. The third-order valence-electron chi connectivity index (χ3n) is 16.6. The molecule has 21 heteroatoms. The Morgan fingerprint density at radius 1 is 0.633 bits per heavy atom. The number of rotatable bonds is 20. The highest BCUT2D eigenvalue weighted by atomic mass is 28.4. The Morgan fingerprint density at radius 3 is 1.56 bits per heavy atom. The fourth-order valence-corrected chi connectivity index (χ4v) is 11.8. The monoisotopic (exact) mass is 1240 g/mol. The van der Waals surface area contributed by atoms with Crippen molar-refractivity contribution >= 4 is 64.3 Å². The molecule has 0 bridgehead atoms. The van der Waals surface area contributed by atoms with Crippen LogP contribution in [-0.2, 0) is 23.1 Å². The summed E-state index contributed by atoms with van der Waals surface area (Å²) in [6.45, 7) is 22.7. The van der Waals surface area contributed by atoms with E-state index in [4.69, 9.17) is 19.5 Å². The molecular formula is C69H78F2N12O6Si. The number of aliphatic hydroxyl groups excluding tert-OH is 3. The van der Waals surface area contributed by atoms with Crippen LogP contribution >= 0.6 is 0 Å². The standard InChI is InChI=1S/C47H53FN6O3Si.C22H25FN6O3/c1-32(55)26-27-54-40-28-36(48)24-25-37(40)41(52-54)39-29-49-43-42(50-39)38(44(56)51-46(5,6)31-57-58(7,8)45(2,3)4)30-53(43)47(33-18-12-9-13-19-33,34-20-14-10-15-21-34)35-22-16-11-17-23-35;1-12(31)6-7-29-17-8-13(23)4-5-14(17)18(28-29)16-10-25-20-19(26-16)15(9-24-20)21(32)27-22(2,3)11-30/h9-25,28-30,32,55H,26-27,31H2,1-8H3,(H,51,56);4-5,8-10,12,30-31H,6-7,11H2,1-3H3,(H,24,25)(H,27,32). The lowest BCUT2D eigenvalue weighted by Crippen LogP contribution is -2.51. The number of nitrogens with zero attached hydrogens (tertiary/aromatic N) is 9. The number of carbonyl (C=O) groups excluding carboxylic acids is 2. The molecule has 6 heterocycles. The fourth-order valence-electron chi connectivity index (χ4n) is 10.7. The van der Waals surface area contributed by atoms with Crippen LogP contribution < -0.4 is 10.6 Å². The lowest BCUT2D eigenvalue weighted by molar-refractivity contribution is 0.0865. The van der Waals surface area contributed by atoms with Gasteiger partial charge in [-0.05, 0) is 126 Å². The lowest BCUT2D eigenvalue weighted by atomic mass is 9.76. The molecule has 2 amide bonds. The van der Waals surface area contributed by atoms with E-state index in [2.05, 4.69) is 106 Å². The van der Waals surface area contributed by atoms with Crippen molar-refractivity contribution in [1.82, 2.24) is 59.7 Å². The Kier molecular flexibility index (Phi) is 18.2. The summed E-state index contributed by atoms with van der Waals surface area (Å²) in [4.78, 5) is 49.9. The highest BCUT2D eigenvalue weighted by Gasteiger charge is 2.42. The number of halogens is 2. The first-order valence-corrected chi connectivity index (χ1v) is 33.1. The molecule has 6 N–H and O–H groups in total. The first-order valence-electron chi connectivity index (χ1n) is 30.2. The molecule has 0 saturated heterocycles. The molecule has 5 aromatic carbocycles. The van der Waals surface area contributed by atoms with Gasteiger partial charge in [0, 0.05) is 36.3 Å². The van der Waals surface area contributed by atoms with Gasteiger partial charge >= 0.3 is 0 Å². The average Bonchev–Trinajstić information content (AvgIpc) is 1.42. The molecule has 11 rings (SSSR count). The number of aliphatic hydroxyl groups is 3. The predicted octanol–water partition coefficient (Wildman–Crippen LogP) is 12.1. The summed E-state index contributed by atoms with van der Waals surface area (Å²) in [6.07, 6.45) is 6.41. The number of benzene rings is 5. The zero-order valence-electron chi connectivity index (χ0n) is 52.7. The van der Waals surface area contributed by atoms with Gasteiger partial charge in [0.15, 0.2) is 19.6 Å². The quantitative estimate of drug-likeness (QED) is 0.0309. The van der Waals surface area contributed by atoms with Crippen LogP contribution in [0.15, 0.2) is 152 Å². The van der Waals surface area contributed by atoms with Gasteiger partial charge in [-0.15, -0.1) is 0 Å². The Morgan fingerprint density at radius 2 is 1.09 bits per heavy atom. The number of hydrogen-bond acceptors (Lipinski definition) is 12. The number of hydrogen-bond donors (Lipinski definition) is 6. The molecule has 2 atom stereocenters. The van der Waals surface area contributed by atoms with Crippen LogP contribution in [0.2, 0.25) is 18.1 Å². The van der Waals surface area contributed by atoms with E-state index >= 15 is 0 Å². The molecule has 0 aliphatic rings. The summed E-state index contributed by atoms with van der Waals surface area (Å²) < 4.78 is 40.6. The molecule has 0 aliphatic carbocycles. The maximum atomic E-state index is 14.9. The smallest absolute Gasteiger partial charge is 0.255 e.